The highest BCUT2D eigenvalue weighted by Gasteiger charge is 2.34. The molecule has 7 heteroatoms. The molecule has 1 amide bonds. The maximum atomic E-state index is 12.7. The number of aromatic nitrogens is 2. The van der Waals surface area contributed by atoms with Crippen LogP contribution in [0.2, 0.25) is 0 Å². The van der Waals surface area contributed by atoms with Gasteiger partial charge in [0.05, 0.1) is 24.9 Å². The van der Waals surface area contributed by atoms with Crippen molar-refractivity contribution in [1.29, 1.82) is 0 Å². The van der Waals surface area contributed by atoms with E-state index in [1.165, 1.54) is 0 Å². The first-order valence-electron chi connectivity index (χ1n) is 10.4. The van der Waals surface area contributed by atoms with Crippen molar-refractivity contribution in [3.8, 4) is 0 Å². The van der Waals surface area contributed by atoms with Crippen LogP contribution in [-0.4, -0.2) is 52.3 Å². The van der Waals surface area contributed by atoms with Crippen LogP contribution in [0.1, 0.15) is 41.6 Å². The van der Waals surface area contributed by atoms with Gasteiger partial charge in [0.1, 0.15) is 0 Å². The van der Waals surface area contributed by atoms with E-state index in [2.05, 4.69) is 10.4 Å². The third kappa shape index (κ3) is 5.44. The van der Waals surface area contributed by atoms with Crippen molar-refractivity contribution in [3.05, 3.63) is 53.9 Å². The lowest BCUT2D eigenvalue weighted by atomic mass is 10.1. The first-order chi connectivity index (χ1) is 14.2. The SMILES string of the molecule is O=C(N[C@@H]1CC(Cn2cccn2)C[C@H]1O)c1cccc(COC2CCOCC2)c1. The van der Waals surface area contributed by atoms with Crippen molar-refractivity contribution >= 4 is 5.91 Å². The summed E-state index contributed by atoms with van der Waals surface area (Å²) in [6, 6.07) is 9.19. The van der Waals surface area contributed by atoms with Crippen LogP contribution in [0.25, 0.3) is 0 Å². The van der Waals surface area contributed by atoms with Crippen LogP contribution >= 0.6 is 0 Å². The summed E-state index contributed by atoms with van der Waals surface area (Å²) in [6.45, 7) is 2.75. The van der Waals surface area contributed by atoms with Gasteiger partial charge in [0.2, 0.25) is 0 Å². The molecule has 1 aromatic heterocycles. The molecule has 1 unspecified atom stereocenters. The maximum Gasteiger partial charge on any atom is 0.251 e. The fraction of sp³-hybridized carbons (Fsp3) is 0.545. The largest absolute Gasteiger partial charge is 0.391 e. The predicted octanol–water partition coefficient (Wildman–Crippen LogP) is 2.15. The monoisotopic (exact) mass is 399 g/mol. The fourth-order valence-electron chi connectivity index (χ4n) is 4.21. The second-order valence-corrected chi connectivity index (χ2v) is 8.04. The molecule has 7 nitrogen and oxygen atoms in total. The molecule has 0 radical (unpaired) electrons. The molecule has 1 saturated carbocycles. The molecular weight excluding hydrogens is 370 g/mol. The van der Waals surface area contributed by atoms with Gasteiger partial charge in [0.15, 0.2) is 0 Å². The van der Waals surface area contributed by atoms with Crippen molar-refractivity contribution in [1.82, 2.24) is 15.1 Å². The van der Waals surface area contributed by atoms with Crippen LogP contribution in [0.5, 0.6) is 0 Å². The molecule has 1 aromatic carbocycles. The minimum atomic E-state index is -0.528. The molecule has 4 rings (SSSR count). The number of aliphatic hydroxyl groups excluding tert-OH is 1. The molecule has 1 aliphatic carbocycles. The number of ether oxygens (including phenoxy) is 2. The van der Waals surface area contributed by atoms with Crippen molar-refractivity contribution in [2.75, 3.05) is 13.2 Å². The van der Waals surface area contributed by atoms with E-state index in [9.17, 15) is 9.90 Å². The summed E-state index contributed by atoms with van der Waals surface area (Å²) in [7, 11) is 0. The molecule has 2 aliphatic rings. The van der Waals surface area contributed by atoms with Crippen LogP contribution in [0, 0.1) is 5.92 Å². The molecule has 1 aliphatic heterocycles. The summed E-state index contributed by atoms with van der Waals surface area (Å²) in [5.74, 6) is 0.149. The summed E-state index contributed by atoms with van der Waals surface area (Å²) < 4.78 is 13.2. The molecule has 2 N–H and O–H groups in total. The lowest BCUT2D eigenvalue weighted by molar-refractivity contribution is -0.0390. The van der Waals surface area contributed by atoms with Gasteiger partial charge in [0, 0.05) is 37.7 Å². The predicted molar refractivity (Wildman–Crippen MR) is 107 cm³/mol. The summed E-state index contributed by atoms with van der Waals surface area (Å²) in [6.07, 6.45) is 6.62. The lowest BCUT2D eigenvalue weighted by Gasteiger charge is -2.22. The topological polar surface area (TPSA) is 85.6 Å². The molecule has 2 aromatic rings. The Morgan fingerprint density at radius 2 is 2.14 bits per heavy atom. The van der Waals surface area contributed by atoms with Gasteiger partial charge in [-0.3, -0.25) is 9.48 Å². The minimum absolute atomic E-state index is 0.151. The molecule has 156 valence electrons. The van der Waals surface area contributed by atoms with Crippen molar-refractivity contribution < 1.29 is 19.4 Å². The zero-order chi connectivity index (χ0) is 20.1. The van der Waals surface area contributed by atoms with Crippen molar-refractivity contribution in [3.63, 3.8) is 0 Å². The van der Waals surface area contributed by atoms with E-state index in [1.807, 2.05) is 35.1 Å². The minimum Gasteiger partial charge on any atom is -0.391 e. The zero-order valence-corrected chi connectivity index (χ0v) is 16.6. The molecule has 2 fully saturated rings. The smallest absolute Gasteiger partial charge is 0.251 e. The van der Waals surface area contributed by atoms with E-state index in [0.717, 1.165) is 44.6 Å². The summed E-state index contributed by atoms with van der Waals surface area (Å²) in [5.41, 5.74) is 1.58. The van der Waals surface area contributed by atoms with Gasteiger partial charge in [-0.25, -0.2) is 0 Å². The van der Waals surface area contributed by atoms with Crippen molar-refractivity contribution in [2.24, 2.45) is 5.92 Å². The number of hydrogen-bond donors (Lipinski definition) is 2. The van der Waals surface area contributed by atoms with Crippen LogP contribution in [-0.2, 0) is 22.6 Å². The van der Waals surface area contributed by atoms with E-state index in [4.69, 9.17) is 9.47 Å². The van der Waals surface area contributed by atoms with Crippen LogP contribution in [0.3, 0.4) is 0 Å². The van der Waals surface area contributed by atoms with E-state index >= 15 is 0 Å². The van der Waals surface area contributed by atoms with Crippen molar-refractivity contribution in [2.45, 2.75) is 57.1 Å². The Kier molecular flexibility index (Phi) is 6.59. The van der Waals surface area contributed by atoms with E-state index in [-0.39, 0.29) is 18.1 Å². The van der Waals surface area contributed by atoms with Gasteiger partial charge in [0.25, 0.3) is 5.91 Å². The first kappa shape index (κ1) is 20.1. The van der Waals surface area contributed by atoms with Crippen LogP contribution in [0.15, 0.2) is 42.7 Å². The zero-order valence-electron chi connectivity index (χ0n) is 16.6. The number of benzene rings is 1. The molecule has 3 atom stereocenters. The standard InChI is InChI=1S/C22H29N3O4/c26-21-13-17(14-25-8-2-7-23-25)12-20(21)24-22(27)18-4-1-3-16(11-18)15-29-19-5-9-28-10-6-19/h1-4,7-8,11,17,19-21,26H,5-6,9-10,12-15H2,(H,24,27)/t17?,20-,21-/m1/s1. The molecule has 2 heterocycles. The van der Waals surface area contributed by atoms with Crippen LogP contribution < -0.4 is 5.32 Å². The number of amides is 1. The molecule has 0 bridgehead atoms. The third-order valence-corrected chi connectivity index (χ3v) is 5.79. The van der Waals surface area contributed by atoms with Gasteiger partial charge in [-0.1, -0.05) is 12.1 Å². The lowest BCUT2D eigenvalue weighted by Crippen LogP contribution is -2.39. The van der Waals surface area contributed by atoms with E-state index in [0.29, 0.717) is 24.5 Å². The highest BCUT2D eigenvalue weighted by atomic mass is 16.5. The quantitative estimate of drug-likeness (QED) is 0.745. The molecule has 29 heavy (non-hydrogen) atoms. The Morgan fingerprint density at radius 1 is 1.28 bits per heavy atom. The Balaban J connectivity index is 1.29. The normalized spacial score (nSPS) is 25.2. The average Bonchev–Trinajstić information content (AvgIpc) is 3.37. The van der Waals surface area contributed by atoms with Gasteiger partial charge >= 0.3 is 0 Å². The number of rotatable bonds is 7. The summed E-state index contributed by atoms with van der Waals surface area (Å²) in [5, 5.41) is 17.6. The number of carbonyl (C=O) groups excluding carboxylic acids is 1. The van der Waals surface area contributed by atoms with Gasteiger partial charge in [-0.2, -0.15) is 5.10 Å². The summed E-state index contributed by atoms with van der Waals surface area (Å²) >= 11 is 0. The number of nitrogens with one attached hydrogen (secondary N) is 1. The first-order valence-corrected chi connectivity index (χ1v) is 10.4. The Bertz CT molecular complexity index is 789. The van der Waals surface area contributed by atoms with Gasteiger partial charge < -0.3 is 19.9 Å². The van der Waals surface area contributed by atoms with Crippen LogP contribution in [0.4, 0.5) is 0 Å². The van der Waals surface area contributed by atoms with E-state index < -0.39 is 6.10 Å². The van der Waals surface area contributed by atoms with Gasteiger partial charge in [-0.05, 0) is 55.4 Å². The highest BCUT2D eigenvalue weighted by Crippen LogP contribution is 2.27. The third-order valence-electron chi connectivity index (χ3n) is 5.79. The number of carbonyl (C=O) groups is 1. The number of nitrogens with zero attached hydrogens (tertiary/aromatic N) is 2. The summed E-state index contributed by atoms with van der Waals surface area (Å²) in [4.78, 5) is 12.7. The number of hydrogen-bond acceptors (Lipinski definition) is 5. The Morgan fingerprint density at radius 3 is 2.93 bits per heavy atom. The van der Waals surface area contributed by atoms with E-state index in [1.54, 1.807) is 12.3 Å². The second kappa shape index (κ2) is 9.52. The maximum absolute atomic E-state index is 12.7. The molecule has 1 saturated heterocycles. The number of aliphatic hydroxyl groups is 1. The second-order valence-electron chi connectivity index (χ2n) is 8.04. The molecular formula is C22H29N3O4. The Hall–Kier alpha value is -2.22. The highest BCUT2D eigenvalue weighted by molar-refractivity contribution is 5.94. The average molecular weight is 399 g/mol. The fourth-order valence-corrected chi connectivity index (χ4v) is 4.21. The Labute approximate surface area is 171 Å². The van der Waals surface area contributed by atoms with Gasteiger partial charge in [-0.15, -0.1) is 0 Å². The molecule has 0 spiro atoms.